The molecular formula is C17H24N4O2. The van der Waals surface area contributed by atoms with Crippen LogP contribution >= 0.6 is 0 Å². The van der Waals surface area contributed by atoms with Gasteiger partial charge in [-0.25, -0.2) is 9.97 Å². The highest BCUT2D eigenvalue weighted by Crippen LogP contribution is 2.39. The van der Waals surface area contributed by atoms with Gasteiger partial charge in [-0.3, -0.25) is 4.79 Å². The predicted molar refractivity (Wildman–Crippen MR) is 86.1 cm³/mol. The lowest BCUT2D eigenvalue weighted by molar-refractivity contribution is -0.126. The lowest BCUT2D eigenvalue weighted by atomic mass is 9.84. The van der Waals surface area contributed by atoms with Crippen molar-refractivity contribution in [2.75, 3.05) is 24.6 Å². The smallest absolute Gasteiger partial charge is 0.225 e. The third-order valence-electron chi connectivity index (χ3n) is 5.54. The summed E-state index contributed by atoms with van der Waals surface area (Å²) in [4.78, 5) is 23.2. The summed E-state index contributed by atoms with van der Waals surface area (Å²) in [5, 5.41) is 3.17. The molecule has 2 aliphatic heterocycles. The zero-order valence-corrected chi connectivity index (χ0v) is 13.4. The van der Waals surface area contributed by atoms with Crippen LogP contribution in [0.25, 0.3) is 0 Å². The monoisotopic (exact) mass is 316 g/mol. The predicted octanol–water partition coefficient (Wildman–Crippen LogP) is 1.52. The summed E-state index contributed by atoms with van der Waals surface area (Å²) in [5.41, 5.74) is -0.118. The van der Waals surface area contributed by atoms with Gasteiger partial charge in [0.1, 0.15) is 0 Å². The van der Waals surface area contributed by atoms with E-state index in [1.54, 1.807) is 12.4 Å². The highest BCUT2D eigenvalue weighted by atomic mass is 16.5. The van der Waals surface area contributed by atoms with Crippen LogP contribution in [-0.4, -0.2) is 47.2 Å². The van der Waals surface area contributed by atoms with E-state index < -0.39 is 0 Å². The second-order valence-corrected chi connectivity index (χ2v) is 7.07. The molecule has 6 nitrogen and oxygen atoms in total. The number of nitrogens with zero attached hydrogens (tertiary/aromatic N) is 3. The van der Waals surface area contributed by atoms with Gasteiger partial charge in [-0.1, -0.05) is 0 Å². The lowest BCUT2D eigenvalue weighted by Crippen LogP contribution is -2.46. The minimum absolute atomic E-state index is 0.0233. The fourth-order valence-electron chi connectivity index (χ4n) is 3.80. The standard InChI is InChI=1S/C17H24N4O2/c22-15(20-14-3-1-4-14)13-11-17(23-12-13)5-9-21(10-6-17)16-18-7-2-8-19-16/h2,7-8,13-14H,1,3-6,9-12H2,(H,20,22)/t13-/m0/s1. The first-order chi connectivity index (χ1) is 11.2. The third kappa shape index (κ3) is 3.04. The molecule has 0 unspecified atom stereocenters. The van der Waals surface area contributed by atoms with Crippen LogP contribution in [0, 0.1) is 5.92 Å². The molecule has 1 spiro atoms. The van der Waals surface area contributed by atoms with Crippen molar-refractivity contribution >= 4 is 11.9 Å². The van der Waals surface area contributed by atoms with Crippen molar-refractivity contribution in [3.05, 3.63) is 18.5 Å². The van der Waals surface area contributed by atoms with Crippen LogP contribution in [-0.2, 0) is 9.53 Å². The number of amides is 1. The second-order valence-electron chi connectivity index (χ2n) is 7.07. The normalized spacial score (nSPS) is 27.0. The number of hydrogen-bond acceptors (Lipinski definition) is 5. The zero-order chi connectivity index (χ0) is 15.7. The van der Waals surface area contributed by atoms with Crippen LogP contribution in [0.3, 0.4) is 0 Å². The molecule has 124 valence electrons. The Labute approximate surface area is 136 Å². The summed E-state index contributed by atoms with van der Waals surface area (Å²) in [6.45, 7) is 2.35. The summed E-state index contributed by atoms with van der Waals surface area (Å²) >= 11 is 0. The number of aromatic nitrogens is 2. The highest BCUT2D eigenvalue weighted by molar-refractivity contribution is 5.79. The molecule has 3 aliphatic rings. The van der Waals surface area contributed by atoms with Crippen LogP contribution in [0.2, 0.25) is 0 Å². The molecule has 0 aromatic carbocycles. The van der Waals surface area contributed by atoms with Crippen LogP contribution < -0.4 is 10.2 Å². The second kappa shape index (κ2) is 6.07. The van der Waals surface area contributed by atoms with Crippen molar-refractivity contribution in [1.82, 2.24) is 15.3 Å². The van der Waals surface area contributed by atoms with Crippen molar-refractivity contribution < 1.29 is 9.53 Å². The summed E-state index contributed by atoms with van der Waals surface area (Å²) in [7, 11) is 0. The molecule has 6 heteroatoms. The number of carbonyl (C=O) groups is 1. The van der Waals surface area contributed by atoms with Gasteiger partial charge < -0.3 is 15.0 Å². The van der Waals surface area contributed by atoms with Crippen molar-refractivity contribution in [2.45, 2.75) is 50.2 Å². The Hall–Kier alpha value is -1.69. The van der Waals surface area contributed by atoms with E-state index in [-0.39, 0.29) is 17.4 Å². The zero-order valence-electron chi connectivity index (χ0n) is 13.4. The topological polar surface area (TPSA) is 67.3 Å². The van der Waals surface area contributed by atoms with Gasteiger partial charge in [-0.2, -0.15) is 0 Å². The van der Waals surface area contributed by atoms with Gasteiger partial charge in [0.05, 0.1) is 18.1 Å². The summed E-state index contributed by atoms with van der Waals surface area (Å²) < 4.78 is 6.10. The van der Waals surface area contributed by atoms with E-state index in [2.05, 4.69) is 20.2 Å². The Morgan fingerprint density at radius 2 is 2.00 bits per heavy atom. The van der Waals surface area contributed by atoms with Gasteiger partial charge in [-0.15, -0.1) is 0 Å². The van der Waals surface area contributed by atoms with Gasteiger partial charge in [0.2, 0.25) is 11.9 Å². The molecule has 0 radical (unpaired) electrons. The molecule has 23 heavy (non-hydrogen) atoms. The average Bonchev–Trinajstić information content (AvgIpc) is 2.96. The van der Waals surface area contributed by atoms with E-state index in [1.807, 2.05) is 6.07 Å². The first-order valence-electron chi connectivity index (χ1n) is 8.70. The van der Waals surface area contributed by atoms with Crippen molar-refractivity contribution in [1.29, 1.82) is 0 Å². The van der Waals surface area contributed by atoms with Crippen molar-refractivity contribution in [2.24, 2.45) is 5.92 Å². The molecule has 1 N–H and O–H groups in total. The fourth-order valence-corrected chi connectivity index (χ4v) is 3.80. The van der Waals surface area contributed by atoms with Crippen LogP contribution in [0.15, 0.2) is 18.5 Å². The molecule has 1 saturated carbocycles. The first kappa shape index (κ1) is 14.9. The SMILES string of the molecule is O=C(NC1CCC1)[C@@H]1COC2(CCN(c3ncccn3)CC2)C1. The number of rotatable bonds is 3. The average molecular weight is 316 g/mol. The highest BCUT2D eigenvalue weighted by Gasteiger charge is 2.45. The molecule has 2 saturated heterocycles. The fraction of sp³-hybridized carbons (Fsp3) is 0.706. The van der Waals surface area contributed by atoms with Gasteiger partial charge in [-0.05, 0) is 44.6 Å². The van der Waals surface area contributed by atoms with Crippen LogP contribution in [0.5, 0.6) is 0 Å². The van der Waals surface area contributed by atoms with Crippen molar-refractivity contribution in [3.8, 4) is 0 Å². The molecule has 3 fully saturated rings. The Kier molecular flexibility index (Phi) is 3.93. The summed E-state index contributed by atoms with van der Waals surface area (Å²) in [6.07, 6.45) is 9.81. The minimum atomic E-state index is -0.118. The van der Waals surface area contributed by atoms with E-state index in [0.29, 0.717) is 12.6 Å². The Bertz CT molecular complexity index is 553. The van der Waals surface area contributed by atoms with Crippen molar-refractivity contribution in [3.63, 3.8) is 0 Å². The number of nitrogens with one attached hydrogen (secondary N) is 1. The largest absolute Gasteiger partial charge is 0.374 e. The molecule has 0 bridgehead atoms. The Morgan fingerprint density at radius 1 is 1.26 bits per heavy atom. The maximum atomic E-state index is 12.3. The van der Waals surface area contributed by atoms with Gasteiger partial charge in [0, 0.05) is 31.5 Å². The quantitative estimate of drug-likeness (QED) is 0.916. The number of carbonyl (C=O) groups excluding carboxylic acids is 1. The van der Waals surface area contributed by atoms with E-state index in [4.69, 9.17) is 4.74 Å². The molecular weight excluding hydrogens is 292 g/mol. The summed E-state index contributed by atoms with van der Waals surface area (Å²) in [5.74, 6) is 1.01. The first-order valence-corrected chi connectivity index (χ1v) is 8.70. The molecule has 1 aromatic heterocycles. The number of ether oxygens (including phenoxy) is 1. The Balaban J connectivity index is 1.32. The van der Waals surface area contributed by atoms with E-state index in [1.165, 1.54) is 6.42 Å². The maximum absolute atomic E-state index is 12.3. The van der Waals surface area contributed by atoms with E-state index in [9.17, 15) is 4.79 Å². The van der Waals surface area contributed by atoms with Gasteiger partial charge >= 0.3 is 0 Å². The lowest BCUT2D eigenvalue weighted by Gasteiger charge is -2.38. The van der Waals surface area contributed by atoms with Gasteiger partial charge in [0.25, 0.3) is 0 Å². The minimum Gasteiger partial charge on any atom is -0.374 e. The molecule has 3 heterocycles. The molecule has 1 atom stereocenters. The van der Waals surface area contributed by atoms with Crippen LogP contribution in [0.4, 0.5) is 5.95 Å². The molecule has 1 aliphatic carbocycles. The number of piperidine rings is 1. The third-order valence-corrected chi connectivity index (χ3v) is 5.54. The number of anilines is 1. The van der Waals surface area contributed by atoms with Gasteiger partial charge in [0.15, 0.2) is 0 Å². The Morgan fingerprint density at radius 3 is 2.65 bits per heavy atom. The number of hydrogen-bond donors (Lipinski definition) is 1. The summed E-state index contributed by atoms with van der Waals surface area (Å²) in [6, 6.07) is 2.25. The van der Waals surface area contributed by atoms with E-state index in [0.717, 1.165) is 51.1 Å². The molecule has 4 rings (SSSR count). The maximum Gasteiger partial charge on any atom is 0.225 e. The molecule has 1 amide bonds. The van der Waals surface area contributed by atoms with Crippen LogP contribution in [0.1, 0.15) is 38.5 Å². The molecule has 1 aromatic rings. The van der Waals surface area contributed by atoms with E-state index >= 15 is 0 Å².